The lowest BCUT2D eigenvalue weighted by atomic mass is 10.5. The molecule has 0 fully saturated rings. The first-order valence-corrected chi connectivity index (χ1v) is 3.47. The Balaban J connectivity index is 2.70. The third kappa shape index (κ3) is 1.79. The van der Waals surface area contributed by atoms with Crippen LogP contribution in [0.3, 0.4) is 0 Å². The van der Waals surface area contributed by atoms with Crippen LogP contribution < -0.4 is 10.6 Å². The summed E-state index contributed by atoms with van der Waals surface area (Å²) in [5.74, 6) is 0.111. The SMILES string of the molecule is CNCc1nc(C(=O)NC)no1. The molecule has 6 heteroatoms. The summed E-state index contributed by atoms with van der Waals surface area (Å²) in [5.41, 5.74) is 0. The Bertz CT molecular complexity index is 270. The van der Waals surface area contributed by atoms with Gasteiger partial charge in [0.2, 0.25) is 5.89 Å². The maximum Gasteiger partial charge on any atom is 0.292 e. The van der Waals surface area contributed by atoms with Gasteiger partial charge in [-0.3, -0.25) is 4.79 Å². The van der Waals surface area contributed by atoms with Crippen molar-refractivity contribution in [3.05, 3.63) is 11.7 Å². The first-order chi connectivity index (χ1) is 5.77. The van der Waals surface area contributed by atoms with Crippen LogP contribution in [0.2, 0.25) is 0 Å². The van der Waals surface area contributed by atoms with Gasteiger partial charge in [0, 0.05) is 7.05 Å². The molecule has 0 spiro atoms. The summed E-state index contributed by atoms with van der Waals surface area (Å²) in [5, 5.41) is 8.69. The Morgan fingerprint density at radius 3 is 2.92 bits per heavy atom. The van der Waals surface area contributed by atoms with Crippen molar-refractivity contribution in [3.63, 3.8) is 0 Å². The van der Waals surface area contributed by atoms with Gasteiger partial charge in [-0.1, -0.05) is 5.16 Å². The summed E-state index contributed by atoms with van der Waals surface area (Å²) >= 11 is 0. The summed E-state index contributed by atoms with van der Waals surface area (Å²) in [6.45, 7) is 0.462. The van der Waals surface area contributed by atoms with E-state index in [-0.39, 0.29) is 11.7 Å². The fourth-order valence-electron chi connectivity index (χ4n) is 0.682. The minimum Gasteiger partial charge on any atom is -0.352 e. The molecule has 1 amide bonds. The Morgan fingerprint density at radius 1 is 1.58 bits per heavy atom. The highest BCUT2D eigenvalue weighted by molar-refractivity contribution is 5.89. The van der Waals surface area contributed by atoms with Crippen LogP contribution in [0, 0.1) is 0 Å². The zero-order valence-corrected chi connectivity index (χ0v) is 6.92. The third-order valence-corrected chi connectivity index (χ3v) is 1.23. The molecule has 1 aromatic heterocycles. The predicted octanol–water partition coefficient (Wildman–Crippen LogP) is -0.851. The van der Waals surface area contributed by atoms with Crippen LogP contribution in [0.15, 0.2) is 4.52 Å². The van der Waals surface area contributed by atoms with Crippen molar-refractivity contribution in [2.75, 3.05) is 14.1 Å². The van der Waals surface area contributed by atoms with Crippen LogP contribution in [0.5, 0.6) is 0 Å². The van der Waals surface area contributed by atoms with Gasteiger partial charge in [0.1, 0.15) is 0 Å². The van der Waals surface area contributed by atoms with Gasteiger partial charge in [-0.25, -0.2) is 0 Å². The molecule has 6 nitrogen and oxygen atoms in total. The molecule has 0 aliphatic carbocycles. The average molecular weight is 170 g/mol. The van der Waals surface area contributed by atoms with Crippen LogP contribution in [0.25, 0.3) is 0 Å². The van der Waals surface area contributed by atoms with E-state index in [1.807, 2.05) is 0 Å². The van der Waals surface area contributed by atoms with Crippen LogP contribution in [0.4, 0.5) is 0 Å². The summed E-state index contributed by atoms with van der Waals surface area (Å²) in [4.78, 5) is 14.7. The maximum absolute atomic E-state index is 10.9. The normalized spacial score (nSPS) is 9.83. The number of nitrogens with zero attached hydrogens (tertiary/aromatic N) is 2. The first kappa shape index (κ1) is 8.66. The largest absolute Gasteiger partial charge is 0.352 e. The molecule has 0 saturated heterocycles. The molecule has 0 unspecified atom stereocenters. The van der Waals surface area contributed by atoms with Crippen molar-refractivity contribution in [1.29, 1.82) is 0 Å². The minimum absolute atomic E-state index is 0.0581. The minimum atomic E-state index is -0.346. The van der Waals surface area contributed by atoms with Gasteiger partial charge in [-0.05, 0) is 7.05 Å². The second-order valence-corrected chi connectivity index (χ2v) is 2.12. The molecule has 0 aromatic carbocycles. The lowest BCUT2D eigenvalue weighted by Gasteiger charge is -1.88. The summed E-state index contributed by atoms with van der Waals surface area (Å²) in [6, 6.07) is 0. The maximum atomic E-state index is 10.9. The zero-order chi connectivity index (χ0) is 8.97. The van der Waals surface area contributed by atoms with E-state index in [0.717, 1.165) is 0 Å². The number of carbonyl (C=O) groups is 1. The Morgan fingerprint density at radius 2 is 2.33 bits per heavy atom. The summed E-state index contributed by atoms with van der Waals surface area (Å²) in [6.07, 6.45) is 0. The average Bonchev–Trinajstić information content (AvgIpc) is 2.52. The Hall–Kier alpha value is -1.43. The highest BCUT2D eigenvalue weighted by atomic mass is 16.5. The Labute approximate surface area is 69.3 Å². The fraction of sp³-hybridized carbons (Fsp3) is 0.500. The third-order valence-electron chi connectivity index (χ3n) is 1.23. The number of hydrogen-bond acceptors (Lipinski definition) is 5. The molecular weight excluding hydrogens is 160 g/mol. The van der Waals surface area contributed by atoms with Gasteiger partial charge in [-0.2, -0.15) is 4.98 Å². The van der Waals surface area contributed by atoms with Gasteiger partial charge in [-0.15, -0.1) is 0 Å². The van der Waals surface area contributed by atoms with Crippen LogP contribution >= 0.6 is 0 Å². The lowest BCUT2D eigenvalue weighted by Crippen LogP contribution is -2.19. The molecule has 0 bridgehead atoms. The molecule has 1 rings (SSSR count). The first-order valence-electron chi connectivity index (χ1n) is 3.47. The Kier molecular flexibility index (Phi) is 2.76. The zero-order valence-electron chi connectivity index (χ0n) is 6.92. The van der Waals surface area contributed by atoms with E-state index >= 15 is 0 Å². The quantitative estimate of drug-likeness (QED) is 0.617. The van der Waals surface area contributed by atoms with E-state index in [0.29, 0.717) is 12.4 Å². The van der Waals surface area contributed by atoms with E-state index < -0.39 is 0 Å². The molecule has 12 heavy (non-hydrogen) atoms. The number of amides is 1. The van der Waals surface area contributed by atoms with E-state index in [9.17, 15) is 4.79 Å². The van der Waals surface area contributed by atoms with E-state index in [1.54, 1.807) is 7.05 Å². The van der Waals surface area contributed by atoms with Crippen LogP contribution in [0.1, 0.15) is 16.5 Å². The monoisotopic (exact) mass is 170 g/mol. The highest BCUT2D eigenvalue weighted by Crippen LogP contribution is 1.95. The van der Waals surface area contributed by atoms with Gasteiger partial charge in [0.05, 0.1) is 6.54 Å². The summed E-state index contributed by atoms with van der Waals surface area (Å²) < 4.78 is 4.74. The van der Waals surface area contributed by atoms with Crippen molar-refractivity contribution in [2.45, 2.75) is 6.54 Å². The molecule has 1 aromatic rings. The fourth-order valence-corrected chi connectivity index (χ4v) is 0.682. The topological polar surface area (TPSA) is 80.0 Å². The smallest absolute Gasteiger partial charge is 0.292 e. The second kappa shape index (κ2) is 3.82. The van der Waals surface area contributed by atoms with E-state index in [4.69, 9.17) is 4.52 Å². The molecule has 66 valence electrons. The molecular formula is C6H10N4O2. The predicted molar refractivity (Wildman–Crippen MR) is 40.5 cm³/mol. The highest BCUT2D eigenvalue weighted by Gasteiger charge is 2.11. The van der Waals surface area contributed by atoms with Crippen molar-refractivity contribution >= 4 is 5.91 Å². The van der Waals surface area contributed by atoms with Crippen molar-refractivity contribution in [2.24, 2.45) is 0 Å². The van der Waals surface area contributed by atoms with Crippen molar-refractivity contribution in [1.82, 2.24) is 20.8 Å². The van der Waals surface area contributed by atoms with Crippen molar-refractivity contribution in [3.8, 4) is 0 Å². The van der Waals surface area contributed by atoms with Crippen molar-refractivity contribution < 1.29 is 9.32 Å². The van der Waals surface area contributed by atoms with E-state index in [1.165, 1.54) is 7.05 Å². The molecule has 1 heterocycles. The lowest BCUT2D eigenvalue weighted by molar-refractivity contribution is 0.0950. The number of aromatic nitrogens is 2. The number of nitrogens with one attached hydrogen (secondary N) is 2. The molecule has 0 aliphatic rings. The molecule has 0 atom stereocenters. The van der Waals surface area contributed by atoms with Gasteiger partial charge in [0.15, 0.2) is 0 Å². The van der Waals surface area contributed by atoms with Gasteiger partial charge >= 0.3 is 0 Å². The second-order valence-electron chi connectivity index (χ2n) is 2.12. The van der Waals surface area contributed by atoms with Gasteiger partial charge in [0.25, 0.3) is 11.7 Å². The summed E-state index contributed by atoms with van der Waals surface area (Å²) in [7, 11) is 3.26. The van der Waals surface area contributed by atoms with E-state index in [2.05, 4.69) is 20.8 Å². The number of rotatable bonds is 3. The van der Waals surface area contributed by atoms with Crippen LogP contribution in [-0.2, 0) is 6.54 Å². The number of carbonyl (C=O) groups excluding carboxylic acids is 1. The van der Waals surface area contributed by atoms with Crippen LogP contribution in [-0.4, -0.2) is 30.1 Å². The molecule has 2 N–H and O–H groups in total. The molecule has 0 saturated carbocycles. The number of hydrogen-bond donors (Lipinski definition) is 2. The standard InChI is InChI=1S/C6H10N4O2/c1-7-3-4-9-5(10-12-4)6(11)8-2/h7H,3H2,1-2H3,(H,8,11). The van der Waals surface area contributed by atoms with Gasteiger partial charge < -0.3 is 15.2 Å². The molecule has 0 aliphatic heterocycles. The molecule has 0 radical (unpaired) electrons.